The van der Waals surface area contributed by atoms with Crippen molar-refractivity contribution in [1.29, 1.82) is 0 Å². The molecule has 4 heteroatoms. The van der Waals surface area contributed by atoms with Crippen LogP contribution < -0.4 is 10.2 Å². The normalized spacial score (nSPS) is 17.1. The molecule has 0 atom stereocenters. The maximum atomic E-state index is 14.3. The van der Waals surface area contributed by atoms with Gasteiger partial charge in [-0.3, -0.25) is 0 Å². The molecule has 1 aromatic rings. The molecule has 1 aliphatic rings. The highest BCUT2D eigenvalue weighted by molar-refractivity contribution is 5.49. The number of halogens is 1. The molecule has 0 saturated carbocycles. The summed E-state index contributed by atoms with van der Waals surface area (Å²) in [6.45, 7) is 9.24. The molecule has 1 N–H and O–H groups in total. The van der Waals surface area contributed by atoms with Gasteiger partial charge in [0.1, 0.15) is 5.82 Å². The summed E-state index contributed by atoms with van der Waals surface area (Å²) in [5.74, 6) is -0.106. The molecule has 1 aliphatic heterocycles. The van der Waals surface area contributed by atoms with Gasteiger partial charge in [0.25, 0.3) is 0 Å². The molecular weight excluding hydrogens is 265 g/mol. The lowest BCUT2D eigenvalue weighted by Gasteiger charge is -2.37. The van der Waals surface area contributed by atoms with E-state index in [-0.39, 0.29) is 5.82 Å². The standard InChI is InChI=1S/C17H28FN3/c1-4-19-13-14-6-7-17(16(18)12-14)20(3)15-8-10-21(5-2)11-9-15/h6-7,12,15,19H,4-5,8-11,13H2,1-3H3. The Morgan fingerprint density at radius 2 is 2.00 bits per heavy atom. The maximum Gasteiger partial charge on any atom is 0.146 e. The van der Waals surface area contributed by atoms with Crippen LogP contribution in [0.1, 0.15) is 32.3 Å². The lowest BCUT2D eigenvalue weighted by molar-refractivity contribution is 0.220. The van der Waals surface area contributed by atoms with Crippen LogP contribution in [0.25, 0.3) is 0 Å². The van der Waals surface area contributed by atoms with Gasteiger partial charge in [0.2, 0.25) is 0 Å². The average Bonchev–Trinajstić information content (AvgIpc) is 2.52. The van der Waals surface area contributed by atoms with Crippen molar-refractivity contribution in [1.82, 2.24) is 10.2 Å². The topological polar surface area (TPSA) is 18.5 Å². The number of rotatable bonds is 6. The molecule has 0 spiro atoms. The Balaban J connectivity index is 2.00. The summed E-state index contributed by atoms with van der Waals surface area (Å²) >= 11 is 0. The van der Waals surface area contributed by atoms with E-state index in [1.165, 1.54) is 0 Å². The van der Waals surface area contributed by atoms with Gasteiger partial charge in [-0.25, -0.2) is 4.39 Å². The van der Waals surface area contributed by atoms with Gasteiger partial charge in [-0.05, 0) is 43.6 Å². The monoisotopic (exact) mass is 293 g/mol. The number of nitrogens with zero attached hydrogens (tertiary/aromatic N) is 2. The Bertz CT molecular complexity index is 442. The van der Waals surface area contributed by atoms with E-state index in [1.807, 2.05) is 19.2 Å². The second-order valence-corrected chi connectivity index (χ2v) is 5.84. The minimum absolute atomic E-state index is 0.106. The predicted octanol–water partition coefficient (Wildman–Crippen LogP) is 2.86. The van der Waals surface area contributed by atoms with Crippen LogP contribution in [0.2, 0.25) is 0 Å². The fraction of sp³-hybridized carbons (Fsp3) is 0.647. The molecule has 1 heterocycles. The van der Waals surface area contributed by atoms with E-state index in [9.17, 15) is 4.39 Å². The number of hydrogen-bond donors (Lipinski definition) is 1. The van der Waals surface area contributed by atoms with Crippen molar-refractivity contribution in [2.45, 2.75) is 39.3 Å². The van der Waals surface area contributed by atoms with E-state index in [1.54, 1.807) is 6.07 Å². The first-order valence-electron chi connectivity index (χ1n) is 8.10. The Kier molecular flexibility index (Phi) is 6.00. The number of hydrogen-bond acceptors (Lipinski definition) is 3. The van der Waals surface area contributed by atoms with E-state index in [4.69, 9.17) is 0 Å². The van der Waals surface area contributed by atoms with Crippen molar-refractivity contribution >= 4 is 5.69 Å². The summed E-state index contributed by atoms with van der Waals surface area (Å²) in [4.78, 5) is 4.58. The molecule has 1 saturated heterocycles. The molecule has 2 rings (SSSR count). The number of likely N-dealkylation sites (tertiary alicyclic amines) is 1. The Morgan fingerprint density at radius 3 is 2.57 bits per heavy atom. The zero-order valence-corrected chi connectivity index (χ0v) is 13.5. The highest BCUT2D eigenvalue weighted by Crippen LogP contribution is 2.25. The molecule has 0 unspecified atom stereocenters. The lowest BCUT2D eigenvalue weighted by atomic mass is 10.0. The van der Waals surface area contributed by atoms with Gasteiger partial charge in [-0.1, -0.05) is 19.9 Å². The van der Waals surface area contributed by atoms with E-state index >= 15 is 0 Å². The SMILES string of the molecule is CCNCc1ccc(N(C)C2CCN(CC)CC2)c(F)c1. The van der Waals surface area contributed by atoms with Crippen molar-refractivity contribution in [3.05, 3.63) is 29.6 Å². The molecule has 1 aromatic carbocycles. The molecule has 0 bridgehead atoms. The summed E-state index contributed by atoms with van der Waals surface area (Å²) < 4.78 is 14.3. The van der Waals surface area contributed by atoms with Crippen molar-refractivity contribution in [2.75, 3.05) is 38.1 Å². The Hall–Kier alpha value is -1.13. The minimum atomic E-state index is -0.106. The predicted molar refractivity (Wildman–Crippen MR) is 87.3 cm³/mol. The van der Waals surface area contributed by atoms with Crippen LogP contribution in [0.4, 0.5) is 10.1 Å². The molecular formula is C17H28FN3. The first-order chi connectivity index (χ1) is 10.2. The molecule has 118 valence electrons. The van der Waals surface area contributed by atoms with Gasteiger partial charge >= 0.3 is 0 Å². The lowest BCUT2D eigenvalue weighted by Crippen LogP contribution is -2.43. The summed E-state index contributed by atoms with van der Waals surface area (Å²) in [5.41, 5.74) is 1.73. The van der Waals surface area contributed by atoms with Crippen molar-refractivity contribution in [3.63, 3.8) is 0 Å². The largest absolute Gasteiger partial charge is 0.369 e. The van der Waals surface area contributed by atoms with Crippen LogP contribution in [0.15, 0.2) is 18.2 Å². The van der Waals surface area contributed by atoms with Crippen molar-refractivity contribution in [3.8, 4) is 0 Å². The van der Waals surface area contributed by atoms with E-state index < -0.39 is 0 Å². The van der Waals surface area contributed by atoms with Crippen LogP contribution in [0.5, 0.6) is 0 Å². The van der Waals surface area contributed by atoms with Gasteiger partial charge < -0.3 is 15.1 Å². The van der Waals surface area contributed by atoms with Crippen LogP contribution in [0.3, 0.4) is 0 Å². The molecule has 0 amide bonds. The third kappa shape index (κ3) is 4.17. The molecule has 0 aromatic heterocycles. The second-order valence-electron chi connectivity index (χ2n) is 5.84. The Morgan fingerprint density at radius 1 is 1.29 bits per heavy atom. The average molecular weight is 293 g/mol. The smallest absolute Gasteiger partial charge is 0.146 e. The van der Waals surface area contributed by atoms with Crippen LogP contribution >= 0.6 is 0 Å². The number of anilines is 1. The number of piperidine rings is 1. The fourth-order valence-electron chi connectivity index (χ4n) is 3.04. The molecule has 3 nitrogen and oxygen atoms in total. The van der Waals surface area contributed by atoms with Crippen LogP contribution in [-0.2, 0) is 6.54 Å². The Labute approximate surface area is 128 Å². The molecule has 21 heavy (non-hydrogen) atoms. The van der Waals surface area contributed by atoms with E-state index in [0.717, 1.165) is 56.8 Å². The summed E-state index contributed by atoms with van der Waals surface area (Å²) in [6, 6.07) is 6.06. The first-order valence-corrected chi connectivity index (χ1v) is 8.10. The third-order valence-corrected chi connectivity index (χ3v) is 4.52. The van der Waals surface area contributed by atoms with Crippen molar-refractivity contribution in [2.24, 2.45) is 0 Å². The zero-order chi connectivity index (χ0) is 15.2. The summed E-state index contributed by atoms with van der Waals surface area (Å²) in [5, 5.41) is 3.23. The fourth-order valence-corrected chi connectivity index (χ4v) is 3.04. The van der Waals surface area contributed by atoms with Gasteiger partial charge in [0.05, 0.1) is 5.69 Å². The number of benzene rings is 1. The second kappa shape index (κ2) is 7.76. The zero-order valence-electron chi connectivity index (χ0n) is 13.5. The van der Waals surface area contributed by atoms with Crippen LogP contribution in [-0.4, -0.2) is 44.2 Å². The van der Waals surface area contributed by atoms with E-state index in [0.29, 0.717) is 6.04 Å². The number of nitrogens with one attached hydrogen (secondary N) is 1. The van der Waals surface area contributed by atoms with Gasteiger partial charge in [0, 0.05) is 32.7 Å². The first kappa shape index (κ1) is 16.2. The summed E-state index contributed by atoms with van der Waals surface area (Å²) in [6.07, 6.45) is 2.23. The van der Waals surface area contributed by atoms with Crippen molar-refractivity contribution < 1.29 is 4.39 Å². The van der Waals surface area contributed by atoms with Gasteiger partial charge in [-0.15, -0.1) is 0 Å². The highest BCUT2D eigenvalue weighted by Gasteiger charge is 2.23. The van der Waals surface area contributed by atoms with E-state index in [2.05, 4.69) is 29.0 Å². The molecule has 0 aliphatic carbocycles. The molecule has 1 fully saturated rings. The molecule has 0 radical (unpaired) electrons. The maximum absolute atomic E-state index is 14.3. The third-order valence-electron chi connectivity index (χ3n) is 4.52. The van der Waals surface area contributed by atoms with Gasteiger partial charge in [-0.2, -0.15) is 0 Å². The summed E-state index contributed by atoms with van der Waals surface area (Å²) in [7, 11) is 2.02. The highest BCUT2D eigenvalue weighted by atomic mass is 19.1. The van der Waals surface area contributed by atoms with Crippen LogP contribution in [0, 0.1) is 5.82 Å². The quantitative estimate of drug-likeness (QED) is 0.870. The van der Waals surface area contributed by atoms with Gasteiger partial charge in [0.15, 0.2) is 0 Å². The minimum Gasteiger partial charge on any atom is -0.369 e.